The molecule has 0 bridgehead atoms. The zero-order valence-electron chi connectivity index (χ0n) is 8.61. The van der Waals surface area contributed by atoms with Crippen LogP contribution in [-0.4, -0.2) is 15.0 Å². The molecule has 0 atom stereocenters. The molecule has 0 aliphatic heterocycles. The fourth-order valence-electron chi connectivity index (χ4n) is 1.32. The Morgan fingerprint density at radius 3 is 2.69 bits per heavy atom. The molecule has 84 valence electrons. The molecule has 0 radical (unpaired) electrons. The molecule has 0 amide bonds. The SMILES string of the molecule is Cc1cc(Cl)c(-n2cc(CN)nn2)cc1Cl. The molecule has 16 heavy (non-hydrogen) atoms. The molecule has 2 N–H and O–H groups in total. The summed E-state index contributed by atoms with van der Waals surface area (Å²) < 4.78 is 1.57. The Balaban J connectivity index is 2.51. The molecule has 0 saturated heterocycles. The lowest BCUT2D eigenvalue weighted by atomic mass is 10.2. The second-order valence-electron chi connectivity index (χ2n) is 3.41. The van der Waals surface area contributed by atoms with Crippen LogP contribution in [0, 0.1) is 6.92 Å². The average molecular weight is 257 g/mol. The third-order valence-electron chi connectivity index (χ3n) is 2.22. The summed E-state index contributed by atoms with van der Waals surface area (Å²) in [6, 6.07) is 3.55. The Labute approximate surface area is 103 Å². The maximum absolute atomic E-state index is 6.11. The van der Waals surface area contributed by atoms with Gasteiger partial charge in [-0.3, -0.25) is 0 Å². The van der Waals surface area contributed by atoms with E-state index in [4.69, 9.17) is 28.9 Å². The predicted octanol–water partition coefficient (Wildman–Crippen LogP) is 2.34. The van der Waals surface area contributed by atoms with Crippen molar-refractivity contribution >= 4 is 23.2 Å². The van der Waals surface area contributed by atoms with E-state index in [1.807, 2.05) is 6.92 Å². The van der Waals surface area contributed by atoms with Gasteiger partial charge in [-0.25, -0.2) is 4.68 Å². The molecule has 0 saturated carbocycles. The van der Waals surface area contributed by atoms with Gasteiger partial charge in [-0.15, -0.1) is 5.10 Å². The highest BCUT2D eigenvalue weighted by Crippen LogP contribution is 2.27. The molecule has 1 aromatic carbocycles. The quantitative estimate of drug-likeness (QED) is 0.898. The van der Waals surface area contributed by atoms with Crippen LogP contribution in [0.3, 0.4) is 0 Å². The van der Waals surface area contributed by atoms with Crippen LogP contribution in [0.4, 0.5) is 0 Å². The van der Waals surface area contributed by atoms with Gasteiger partial charge in [0.25, 0.3) is 0 Å². The molecule has 6 heteroatoms. The number of aryl methyl sites for hydroxylation is 1. The van der Waals surface area contributed by atoms with Crippen LogP contribution in [0.25, 0.3) is 5.69 Å². The molecule has 2 aromatic rings. The van der Waals surface area contributed by atoms with E-state index in [-0.39, 0.29) is 0 Å². The number of benzene rings is 1. The molecule has 2 rings (SSSR count). The topological polar surface area (TPSA) is 56.7 Å². The van der Waals surface area contributed by atoms with Crippen molar-refractivity contribution in [3.05, 3.63) is 39.6 Å². The van der Waals surface area contributed by atoms with E-state index < -0.39 is 0 Å². The van der Waals surface area contributed by atoms with Gasteiger partial charge in [0.1, 0.15) is 0 Å². The molecule has 4 nitrogen and oxygen atoms in total. The van der Waals surface area contributed by atoms with E-state index in [2.05, 4.69) is 10.3 Å². The van der Waals surface area contributed by atoms with E-state index in [0.717, 1.165) is 5.56 Å². The lowest BCUT2D eigenvalue weighted by molar-refractivity contribution is 0.796. The largest absolute Gasteiger partial charge is 0.325 e. The summed E-state index contributed by atoms with van der Waals surface area (Å²) >= 11 is 12.1. The predicted molar refractivity (Wildman–Crippen MR) is 64.0 cm³/mol. The monoisotopic (exact) mass is 256 g/mol. The van der Waals surface area contributed by atoms with Gasteiger partial charge in [0.15, 0.2) is 0 Å². The second kappa shape index (κ2) is 4.41. The number of hydrogen-bond donors (Lipinski definition) is 1. The van der Waals surface area contributed by atoms with E-state index in [1.165, 1.54) is 0 Å². The lowest BCUT2D eigenvalue weighted by Crippen LogP contribution is -1.97. The second-order valence-corrected chi connectivity index (χ2v) is 4.23. The minimum absolute atomic E-state index is 0.344. The first-order chi connectivity index (χ1) is 7.61. The maximum Gasteiger partial charge on any atom is 0.0967 e. The highest BCUT2D eigenvalue weighted by molar-refractivity contribution is 6.35. The molecular weight excluding hydrogens is 247 g/mol. The van der Waals surface area contributed by atoms with Crippen LogP contribution in [-0.2, 0) is 6.54 Å². The van der Waals surface area contributed by atoms with E-state index in [9.17, 15) is 0 Å². The van der Waals surface area contributed by atoms with E-state index in [1.54, 1.807) is 23.0 Å². The van der Waals surface area contributed by atoms with Gasteiger partial charge in [0.05, 0.1) is 22.6 Å². The number of halogens is 2. The van der Waals surface area contributed by atoms with Crippen molar-refractivity contribution in [1.82, 2.24) is 15.0 Å². The smallest absolute Gasteiger partial charge is 0.0967 e. The first-order valence-electron chi connectivity index (χ1n) is 4.69. The van der Waals surface area contributed by atoms with Crippen LogP contribution >= 0.6 is 23.2 Å². The number of rotatable bonds is 2. The fourth-order valence-corrected chi connectivity index (χ4v) is 1.78. The molecule has 0 aliphatic carbocycles. The Kier molecular flexibility index (Phi) is 3.14. The van der Waals surface area contributed by atoms with Crippen molar-refractivity contribution in [1.29, 1.82) is 0 Å². The number of hydrogen-bond acceptors (Lipinski definition) is 3. The summed E-state index contributed by atoms with van der Waals surface area (Å²) in [5.41, 5.74) is 7.78. The fraction of sp³-hybridized carbons (Fsp3) is 0.200. The summed E-state index contributed by atoms with van der Waals surface area (Å²) in [6.07, 6.45) is 1.73. The van der Waals surface area contributed by atoms with Crippen molar-refractivity contribution in [3.63, 3.8) is 0 Å². The van der Waals surface area contributed by atoms with Gasteiger partial charge in [0, 0.05) is 11.6 Å². The standard InChI is InChI=1S/C10H10Cl2N4/c1-6-2-9(12)10(3-8(6)11)16-5-7(4-13)14-15-16/h2-3,5H,4,13H2,1H3. The summed E-state index contributed by atoms with van der Waals surface area (Å²) in [6.45, 7) is 2.24. The molecule has 1 heterocycles. The van der Waals surface area contributed by atoms with E-state index in [0.29, 0.717) is 28.0 Å². The molecule has 0 aliphatic rings. The number of nitrogens with zero attached hydrogens (tertiary/aromatic N) is 3. The Morgan fingerprint density at radius 2 is 2.06 bits per heavy atom. The summed E-state index contributed by atoms with van der Waals surface area (Å²) in [5, 5.41) is 9.04. The zero-order valence-corrected chi connectivity index (χ0v) is 10.1. The first kappa shape index (κ1) is 11.4. The number of nitrogens with two attached hydrogens (primary N) is 1. The van der Waals surface area contributed by atoms with Crippen molar-refractivity contribution in [3.8, 4) is 5.69 Å². The van der Waals surface area contributed by atoms with E-state index >= 15 is 0 Å². The van der Waals surface area contributed by atoms with Crippen LogP contribution in [0.1, 0.15) is 11.3 Å². The Morgan fingerprint density at radius 1 is 1.31 bits per heavy atom. The first-order valence-corrected chi connectivity index (χ1v) is 5.44. The average Bonchev–Trinajstić information content (AvgIpc) is 2.71. The van der Waals surface area contributed by atoms with Gasteiger partial charge >= 0.3 is 0 Å². The van der Waals surface area contributed by atoms with Crippen molar-refractivity contribution in [2.75, 3.05) is 0 Å². The number of aromatic nitrogens is 3. The molecule has 0 fully saturated rings. The highest BCUT2D eigenvalue weighted by atomic mass is 35.5. The van der Waals surface area contributed by atoms with Crippen LogP contribution < -0.4 is 5.73 Å². The van der Waals surface area contributed by atoms with Crippen LogP contribution in [0.15, 0.2) is 18.3 Å². The van der Waals surface area contributed by atoms with Gasteiger partial charge in [-0.2, -0.15) is 0 Å². The molecule has 0 unspecified atom stereocenters. The molecular formula is C10H10Cl2N4. The maximum atomic E-state index is 6.11. The van der Waals surface area contributed by atoms with Gasteiger partial charge in [-0.1, -0.05) is 28.4 Å². The van der Waals surface area contributed by atoms with Crippen LogP contribution in [0.5, 0.6) is 0 Å². The highest BCUT2D eigenvalue weighted by Gasteiger charge is 2.08. The lowest BCUT2D eigenvalue weighted by Gasteiger charge is -2.06. The van der Waals surface area contributed by atoms with Gasteiger partial charge < -0.3 is 5.73 Å². The third-order valence-corrected chi connectivity index (χ3v) is 2.93. The van der Waals surface area contributed by atoms with Crippen molar-refractivity contribution in [2.24, 2.45) is 5.73 Å². The summed E-state index contributed by atoms with van der Waals surface area (Å²) in [5.74, 6) is 0. The van der Waals surface area contributed by atoms with Gasteiger partial charge in [-0.05, 0) is 24.6 Å². The normalized spacial score (nSPS) is 10.8. The Hall–Kier alpha value is -1.10. The molecule has 1 aromatic heterocycles. The third kappa shape index (κ3) is 2.04. The molecule has 0 spiro atoms. The zero-order chi connectivity index (χ0) is 11.7. The van der Waals surface area contributed by atoms with Gasteiger partial charge in [0.2, 0.25) is 0 Å². The summed E-state index contributed by atoms with van der Waals surface area (Å²) in [7, 11) is 0. The Bertz CT molecular complexity index is 522. The minimum Gasteiger partial charge on any atom is -0.325 e. The van der Waals surface area contributed by atoms with Crippen molar-refractivity contribution < 1.29 is 0 Å². The van der Waals surface area contributed by atoms with Crippen LogP contribution in [0.2, 0.25) is 10.0 Å². The van der Waals surface area contributed by atoms with Crippen molar-refractivity contribution in [2.45, 2.75) is 13.5 Å². The summed E-state index contributed by atoms with van der Waals surface area (Å²) in [4.78, 5) is 0. The minimum atomic E-state index is 0.344.